The number of aryl methyl sites for hydroxylation is 2. The quantitative estimate of drug-likeness (QED) is 0.779. The minimum Gasteiger partial charge on any atom is -0.325 e. The maximum atomic E-state index is 12.7. The van der Waals surface area contributed by atoms with Gasteiger partial charge in [0.05, 0.1) is 10.9 Å². The largest absolute Gasteiger partial charge is 0.325 e. The van der Waals surface area contributed by atoms with Gasteiger partial charge >= 0.3 is 0 Å². The lowest BCUT2D eigenvalue weighted by atomic mass is 10.1. The highest BCUT2D eigenvalue weighted by Crippen LogP contribution is 2.11. The number of carbonyl (C=O) groups excluding carboxylic acids is 1. The zero-order valence-electron chi connectivity index (χ0n) is 14.5. The molecular weight excluding hydrogens is 314 g/mol. The lowest BCUT2D eigenvalue weighted by Crippen LogP contribution is -2.31. The molecular formula is C20H21N3O2. The molecule has 5 heteroatoms. The molecule has 3 aromatic rings. The van der Waals surface area contributed by atoms with E-state index >= 15 is 0 Å². The van der Waals surface area contributed by atoms with E-state index in [1.54, 1.807) is 12.1 Å². The molecule has 1 heterocycles. The molecule has 0 aliphatic rings. The van der Waals surface area contributed by atoms with Crippen molar-refractivity contribution in [1.82, 2.24) is 9.55 Å². The van der Waals surface area contributed by atoms with Crippen molar-refractivity contribution >= 4 is 22.5 Å². The molecule has 0 unspecified atom stereocenters. The normalized spacial score (nSPS) is 10.8. The van der Waals surface area contributed by atoms with Crippen LogP contribution >= 0.6 is 0 Å². The number of benzene rings is 2. The van der Waals surface area contributed by atoms with Gasteiger partial charge in [0.25, 0.3) is 5.56 Å². The molecule has 1 aromatic heterocycles. The number of para-hydroxylation sites is 1. The molecule has 0 fully saturated rings. The van der Waals surface area contributed by atoms with Gasteiger partial charge < -0.3 is 5.32 Å². The second-order valence-electron chi connectivity index (χ2n) is 5.89. The van der Waals surface area contributed by atoms with Crippen LogP contribution in [-0.4, -0.2) is 15.5 Å². The van der Waals surface area contributed by atoms with Gasteiger partial charge in [-0.1, -0.05) is 38.1 Å². The summed E-state index contributed by atoms with van der Waals surface area (Å²) in [5.74, 6) is 0.373. The van der Waals surface area contributed by atoms with E-state index in [-0.39, 0.29) is 18.0 Å². The van der Waals surface area contributed by atoms with Gasteiger partial charge in [-0.2, -0.15) is 0 Å². The lowest BCUT2D eigenvalue weighted by Gasteiger charge is -2.12. The minimum absolute atomic E-state index is 0.0463. The van der Waals surface area contributed by atoms with Gasteiger partial charge in [0.15, 0.2) is 0 Å². The number of anilines is 1. The van der Waals surface area contributed by atoms with Crippen molar-refractivity contribution in [3.63, 3.8) is 0 Å². The number of carbonyl (C=O) groups is 1. The maximum absolute atomic E-state index is 12.7. The molecule has 0 aliphatic heterocycles. The minimum atomic E-state index is -0.238. The lowest BCUT2D eigenvalue weighted by molar-refractivity contribution is -0.116. The highest BCUT2D eigenvalue weighted by Gasteiger charge is 2.13. The topological polar surface area (TPSA) is 64.0 Å². The van der Waals surface area contributed by atoms with Crippen molar-refractivity contribution in [3.05, 3.63) is 70.3 Å². The van der Waals surface area contributed by atoms with Crippen molar-refractivity contribution in [2.24, 2.45) is 0 Å². The number of hydrogen-bond acceptors (Lipinski definition) is 3. The van der Waals surface area contributed by atoms with E-state index in [4.69, 9.17) is 0 Å². The molecule has 1 amide bonds. The molecule has 0 bridgehead atoms. The van der Waals surface area contributed by atoms with Crippen LogP contribution in [0.3, 0.4) is 0 Å². The predicted octanol–water partition coefficient (Wildman–Crippen LogP) is 3.16. The Morgan fingerprint density at radius 1 is 1.04 bits per heavy atom. The fourth-order valence-corrected chi connectivity index (χ4v) is 2.81. The molecule has 25 heavy (non-hydrogen) atoms. The van der Waals surface area contributed by atoms with E-state index in [1.165, 1.54) is 10.1 Å². The summed E-state index contributed by atoms with van der Waals surface area (Å²) >= 11 is 0. The first-order valence-corrected chi connectivity index (χ1v) is 8.49. The Bertz CT molecular complexity index is 959. The molecule has 0 aliphatic carbocycles. The predicted molar refractivity (Wildman–Crippen MR) is 99.8 cm³/mol. The number of rotatable bonds is 5. The molecule has 0 spiro atoms. The average Bonchev–Trinajstić information content (AvgIpc) is 2.64. The summed E-state index contributed by atoms with van der Waals surface area (Å²) in [7, 11) is 0. The maximum Gasteiger partial charge on any atom is 0.261 e. The molecule has 0 radical (unpaired) electrons. The van der Waals surface area contributed by atoms with Crippen molar-refractivity contribution in [2.75, 3.05) is 5.32 Å². The Hall–Kier alpha value is -2.95. The second-order valence-corrected chi connectivity index (χ2v) is 5.89. The van der Waals surface area contributed by atoms with Gasteiger partial charge in [0.2, 0.25) is 5.91 Å². The van der Waals surface area contributed by atoms with E-state index < -0.39 is 0 Å². The first-order chi connectivity index (χ1) is 12.1. The van der Waals surface area contributed by atoms with E-state index in [1.807, 2.05) is 43.3 Å². The first-order valence-electron chi connectivity index (χ1n) is 8.49. The van der Waals surface area contributed by atoms with Gasteiger partial charge in [-0.05, 0) is 36.2 Å². The second kappa shape index (κ2) is 7.30. The third-order valence-corrected chi connectivity index (χ3v) is 4.20. The summed E-state index contributed by atoms with van der Waals surface area (Å²) in [6.07, 6.45) is 1.53. The van der Waals surface area contributed by atoms with E-state index in [9.17, 15) is 9.59 Å². The van der Waals surface area contributed by atoms with Gasteiger partial charge in [0.1, 0.15) is 12.4 Å². The van der Waals surface area contributed by atoms with Gasteiger partial charge in [-0.25, -0.2) is 4.98 Å². The molecule has 0 atom stereocenters. The number of aromatic nitrogens is 2. The molecule has 1 N–H and O–H groups in total. The van der Waals surface area contributed by atoms with Crippen LogP contribution in [0.15, 0.2) is 53.3 Å². The Morgan fingerprint density at radius 2 is 1.76 bits per heavy atom. The molecule has 0 saturated heterocycles. The first kappa shape index (κ1) is 16.9. The molecule has 0 saturated carbocycles. The zero-order chi connectivity index (χ0) is 17.8. The molecule has 3 rings (SSSR count). The fraction of sp³-hybridized carbons (Fsp3) is 0.250. The highest BCUT2D eigenvalue weighted by molar-refractivity contribution is 5.90. The van der Waals surface area contributed by atoms with Crippen LogP contribution in [0.2, 0.25) is 0 Å². The number of fused-ring (bicyclic) bond motifs is 1. The SMILES string of the molecule is CCc1ccc(NC(=O)Cn2c(CC)nc3ccccc3c2=O)cc1. The number of amides is 1. The molecule has 128 valence electrons. The van der Waals surface area contributed by atoms with E-state index in [2.05, 4.69) is 17.2 Å². The monoisotopic (exact) mass is 335 g/mol. The van der Waals surface area contributed by atoms with Crippen molar-refractivity contribution in [2.45, 2.75) is 33.2 Å². The van der Waals surface area contributed by atoms with Crippen LogP contribution < -0.4 is 10.9 Å². The molecule has 5 nitrogen and oxygen atoms in total. The number of nitrogens with zero attached hydrogens (tertiary/aromatic N) is 2. The highest BCUT2D eigenvalue weighted by atomic mass is 16.2. The van der Waals surface area contributed by atoms with Crippen LogP contribution in [0.4, 0.5) is 5.69 Å². The Labute approximate surface area is 146 Å². The van der Waals surface area contributed by atoms with E-state index in [0.29, 0.717) is 23.1 Å². The summed E-state index contributed by atoms with van der Waals surface area (Å²) in [4.78, 5) is 29.6. The van der Waals surface area contributed by atoms with Crippen LogP contribution in [-0.2, 0) is 24.2 Å². The smallest absolute Gasteiger partial charge is 0.261 e. The van der Waals surface area contributed by atoms with Crippen molar-refractivity contribution in [3.8, 4) is 0 Å². The average molecular weight is 335 g/mol. The summed E-state index contributed by atoms with van der Waals surface area (Å²) in [6.45, 7) is 3.96. The van der Waals surface area contributed by atoms with Crippen LogP contribution in [0, 0.1) is 0 Å². The third kappa shape index (κ3) is 3.60. The molecule has 2 aromatic carbocycles. The van der Waals surface area contributed by atoms with Gasteiger partial charge in [-0.15, -0.1) is 0 Å². The Kier molecular flexibility index (Phi) is 4.93. The fourth-order valence-electron chi connectivity index (χ4n) is 2.81. The standard InChI is InChI=1S/C20H21N3O2/c1-3-14-9-11-15(12-10-14)21-19(24)13-23-18(4-2)22-17-8-6-5-7-16(17)20(23)25/h5-12H,3-4,13H2,1-2H3,(H,21,24). The van der Waals surface area contributed by atoms with Crippen LogP contribution in [0.1, 0.15) is 25.2 Å². The summed E-state index contributed by atoms with van der Waals surface area (Å²) in [6, 6.07) is 14.9. The van der Waals surface area contributed by atoms with E-state index in [0.717, 1.165) is 12.1 Å². The summed E-state index contributed by atoms with van der Waals surface area (Å²) in [5, 5.41) is 3.37. The van der Waals surface area contributed by atoms with Gasteiger partial charge in [-0.3, -0.25) is 14.2 Å². The van der Waals surface area contributed by atoms with Crippen molar-refractivity contribution in [1.29, 1.82) is 0 Å². The zero-order valence-corrected chi connectivity index (χ0v) is 14.5. The number of hydrogen-bond donors (Lipinski definition) is 1. The van der Waals surface area contributed by atoms with Crippen LogP contribution in [0.25, 0.3) is 10.9 Å². The van der Waals surface area contributed by atoms with Crippen molar-refractivity contribution < 1.29 is 4.79 Å². The van der Waals surface area contributed by atoms with Crippen LogP contribution in [0.5, 0.6) is 0 Å². The number of nitrogens with one attached hydrogen (secondary N) is 1. The van der Waals surface area contributed by atoms with Gasteiger partial charge in [0, 0.05) is 12.1 Å². The summed E-state index contributed by atoms with van der Waals surface area (Å²) < 4.78 is 1.46. The Morgan fingerprint density at radius 3 is 2.44 bits per heavy atom. The Balaban J connectivity index is 1.87. The summed E-state index contributed by atoms with van der Waals surface area (Å²) in [5.41, 5.74) is 2.42. The third-order valence-electron chi connectivity index (χ3n) is 4.20.